The third-order valence-electron chi connectivity index (χ3n) is 17.1. The second-order valence-corrected chi connectivity index (χ2v) is 29.9. The molecule has 516 valence electrons. The summed E-state index contributed by atoms with van der Waals surface area (Å²) in [6, 6.07) is 11.4. The fourth-order valence-electron chi connectivity index (χ4n) is 11.4. The number of fused-ring (bicyclic) bond motifs is 6. The van der Waals surface area contributed by atoms with Gasteiger partial charge >= 0.3 is 0 Å². The first-order chi connectivity index (χ1) is 44.7. The van der Waals surface area contributed by atoms with E-state index in [0.717, 1.165) is 219 Å². The van der Waals surface area contributed by atoms with Gasteiger partial charge in [0.05, 0.1) is 99.3 Å². The van der Waals surface area contributed by atoms with Crippen molar-refractivity contribution in [1.82, 2.24) is 4.90 Å². The highest BCUT2D eigenvalue weighted by Gasteiger charge is 2.29. The van der Waals surface area contributed by atoms with Gasteiger partial charge in [0.2, 0.25) is 0 Å². The Balaban J connectivity index is 0.000000160. The van der Waals surface area contributed by atoms with Crippen LogP contribution in [-0.2, 0) is 6.42 Å². The standard InChI is InChI=1S/C15H26N4.C13H20N2OS.C12H18N2OS.C11H16N2OS.C10H14N2OS.C9H12N2OS/c1-4-19(5-2)9-11-7-12-14(17)10(3)6-13(16)15(12)18-8-11;1-3-4-5-9-7-17-13-11(15)8(2)6-10(14)12(13)16-9;1-3-4-8-6-16-12-10(14)7(2)5-9(13)11(12)15-8;1-3-7-5-15-11-9(13)6(2)4-8(12)10(11)14-7;1-5-3-7(11)9-10(8(5)12)14-4-6(2)13-9;1-5-4-6(10)8-9(7(5)11)13-3-2-12-8/h6,11,18H,4-5,7-9,16-17H2,1-3H3;6,9H,3-5,7,14-15H2,1-2H3;5,8H,3-4,6,13-14H2,1-2H3;4,7H,3,5,12-13H2,1-2H3;3,6H,4,11-12H2,1-2H3;4H,2-3,10-11H2,1H3. The number of hydrogen-bond acceptors (Lipinski definition) is 24. The van der Waals surface area contributed by atoms with Crippen LogP contribution in [-0.4, -0.2) is 90.9 Å². The van der Waals surface area contributed by atoms with Crippen molar-refractivity contribution in [3.63, 3.8) is 0 Å². The van der Waals surface area contributed by atoms with Gasteiger partial charge in [0.1, 0.15) is 24.4 Å². The van der Waals surface area contributed by atoms with E-state index in [1.807, 2.05) is 84.9 Å². The molecule has 5 atom stereocenters. The molecule has 0 radical (unpaired) electrons. The smallest absolute Gasteiger partial charge is 0.158 e. The van der Waals surface area contributed by atoms with Crippen LogP contribution >= 0.6 is 58.8 Å². The number of hydrogen-bond donors (Lipinski definition) is 13. The summed E-state index contributed by atoms with van der Waals surface area (Å²) in [5.41, 5.74) is 89.6. The van der Waals surface area contributed by atoms with Gasteiger partial charge in [0.25, 0.3) is 0 Å². The van der Waals surface area contributed by atoms with E-state index in [0.29, 0.717) is 41.0 Å². The molecule has 0 fully saturated rings. The van der Waals surface area contributed by atoms with Crippen LogP contribution in [0.5, 0.6) is 28.7 Å². The molecule has 19 nitrogen and oxygen atoms in total. The third kappa shape index (κ3) is 18.3. The van der Waals surface area contributed by atoms with Crippen LogP contribution in [0.25, 0.3) is 0 Å². The van der Waals surface area contributed by atoms with Gasteiger partial charge < -0.3 is 103 Å². The first kappa shape index (κ1) is 74.8. The number of aryl methyl sites for hydroxylation is 6. The molecule has 24 heteroatoms. The molecule has 0 spiro atoms. The average molecular weight is 1380 g/mol. The fraction of sp³-hybridized carbons (Fsp3) is 0.486. The van der Waals surface area contributed by atoms with E-state index in [1.165, 1.54) is 18.4 Å². The molecule has 0 saturated carbocycles. The Morgan fingerprint density at radius 2 is 0.830 bits per heavy atom. The van der Waals surface area contributed by atoms with Gasteiger partial charge in [0, 0.05) is 53.1 Å². The molecule has 12 rings (SSSR count). The fourth-order valence-corrected chi connectivity index (χ4v) is 17.2. The lowest BCUT2D eigenvalue weighted by molar-refractivity contribution is 0.203. The van der Waals surface area contributed by atoms with Gasteiger partial charge in [-0.1, -0.05) is 53.9 Å². The zero-order valence-corrected chi connectivity index (χ0v) is 61.4. The SMILES string of the molecule is CCC1CSc2c(N)c(C)cc(N)c2O1.CCCC1CSc2c(N)c(C)cc(N)c2O1.CCCCC1CSc2c(N)c(C)cc(N)c2O1.CCN(CC)CC1CNc2c(N)cc(C)c(N)c2C1.Cc1cc(N)c2c(c1N)SCC(C)O2.Cc1cc(N)c2c(c1N)SCCO2. The number of anilines is 13. The summed E-state index contributed by atoms with van der Waals surface area (Å²) in [6.45, 7) is 29.8. The number of nitrogen functional groups attached to an aromatic ring is 12. The first-order valence-corrected chi connectivity index (χ1v) is 37.7. The van der Waals surface area contributed by atoms with Crippen molar-refractivity contribution < 1.29 is 23.7 Å². The second kappa shape index (κ2) is 34.4. The highest BCUT2D eigenvalue weighted by Crippen LogP contribution is 2.50. The molecule has 6 heterocycles. The van der Waals surface area contributed by atoms with Crippen LogP contribution in [0.4, 0.5) is 73.9 Å². The molecule has 0 saturated heterocycles. The van der Waals surface area contributed by atoms with Crippen LogP contribution in [0.3, 0.4) is 0 Å². The largest absolute Gasteiger partial charge is 0.489 e. The predicted octanol–water partition coefficient (Wildman–Crippen LogP) is 14.2. The molecule has 0 bridgehead atoms. The maximum Gasteiger partial charge on any atom is 0.158 e. The van der Waals surface area contributed by atoms with E-state index in [-0.39, 0.29) is 24.4 Å². The first-order valence-electron chi connectivity index (χ1n) is 32.7. The van der Waals surface area contributed by atoms with Crippen LogP contribution in [0, 0.1) is 47.5 Å². The molecule has 6 aliphatic rings. The van der Waals surface area contributed by atoms with E-state index in [2.05, 4.69) is 44.8 Å². The van der Waals surface area contributed by atoms with Crippen molar-refractivity contribution in [3.05, 3.63) is 75.3 Å². The minimum atomic E-state index is 0.205. The number of nitrogens with one attached hydrogen (secondary N) is 1. The number of ether oxygens (including phenoxy) is 5. The Morgan fingerprint density at radius 3 is 1.27 bits per heavy atom. The minimum absolute atomic E-state index is 0.205. The molecular formula is C70H106N14O5S5. The summed E-state index contributed by atoms with van der Waals surface area (Å²) < 4.78 is 28.8. The molecule has 0 aromatic heterocycles. The Bertz CT molecular complexity index is 3600. The summed E-state index contributed by atoms with van der Waals surface area (Å²) in [6.07, 6.45) is 8.71. The zero-order valence-electron chi connectivity index (χ0n) is 57.3. The van der Waals surface area contributed by atoms with Gasteiger partial charge in [0.15, 0.2) is 28.7 Å². The Morgan fingerprint density at radius 1 is 0.447 bits per heavy atom. The summed E-state index contributed by atoms with van der Waals surface area (Å²) in [7, 11) is 0. The average Bonchev–Trinajstić information content (AvgIpc) is 0.850. The molecule has 6 aromatic rings. The number of unbranched alkanes of at least 4 members (excludes halogenated alkanes) is 1. The van der Waals surface area contributed by atoms with Crippen molar-refractivity contribution in [2.45, 2.75) is 177 Å². The third-order valence-corrected chi connectivity index (χ3v) is 23.2. The molecular weight excluding hydrogens is 1280 g/mol. The molecule has 25 N–H and O–H groups in total. The van der Waals surface area contributed by atoms with Crippen LogP contribution in [0.2, 0.25) is 0 Å². The number of rotatable bonds is 10. The maximum absolute atomic E-state index is 6.22. The van der Waals surface area contributed by atoms with Crippen molar-refractivity contribution in [2.24, 2.45) is 5.92 Å². The van der Waals surface area contributed by atoms with E-state index in [4.69, 9.17) is 92.5 Å². The van der Waals surface area contributed by atoms with Crippen molar-refractivity contribution in [2.75, 3.05) is 136 Å². The van der Waals surface area contributed by atoms with Crippen molar-refractivity contribution in [3.8, 4) is 28.7 Å². The maximum atomic E-state index is 6.22. The number of nitrogens with two attached hydrogens (primary N) is 12. The predicted molar refractivity (Wildman–Crippen MR) is 411 cm³/mol. The molecule has 6 aromatic carbocycles. The Labute approximate surface area is 580 Å². The second-order valence-electron chi connectivity index (χ2n) is 24.7. The van der Waals surface area contributed by atoms with Gasteiger partial charge in [-0.25, -0.2) is 0 Å². The number of nitrogens with zero attached hydrogens (tertiary/aromatic N) is 1. The van der Waals surface area contributed by atoms with Gasteiger partial charge in [-0.2, -0.15) is 0 Å². The lowest BCUT2D eigenvalue weighted by atomic mass is 9.90. The Hall–Kier alpha value is -6.57. The van der Waals surface area contributed by atoms with Gasteiger partial charge in [-0.05, 0) is 163 Å². The Kier molecular flexibility index (Phi) is 27.4. The van der Waals surface area contributed by atoms with Gasteiger partial charge in [-0.15, -0.1) is 58.8 Å². The number of thioether (sulfide) groups is 5. The summed E-state index contributed by atoms with van der Waals surface area (Å²) in [5.74, 6) is 9.27. The summed E-state index contributed by atoms with van der Waals surface area (Å²) >= 11 is 8.72. The molecule has 0 amide bonds. The zero-order chi connectivity index (χ0) is 68.8. The highest BCUT2D eigenvalue weighted by atomic mass is 32.2. The normalized spacial score (nSPS) is 18.4. The summed E-state index contributed by atoms with van der Waals surface area (Å²) in [4.78, 5) is 7.52. The van der Waals surface area contributed by atoms with Crippen molar-refractivity contribution in [1.29, 1.82) is 0 Å². The lowest BCUT2D eigenvalue weighted by Gasteiger charge is -2.32. The van der Waals surface area contributed by atoms with E-state index in [1.54, 1.807) is 58.8 Å². The molecule has 5 unspecified atom stereocenters. The van der Waals surface area contributed by atoms with E-state index < -0.39 is 0 Å². The minimum Gasteiger partial charge on any atom is -0.489 e. The highest BCUT2D eigenvalue weighted by molar-refractivity contribution is 8.00. The molecule has 6 aliphatic heterocycles. The van der Waals surface area contributed by atoms with Gasteiger partial charge in [-0.3, -0.25) is 0 Å². The van der Waals surface area contributed by atoms with Crippen LogP contribution in [0.15, 0.2) is 60.9 Å². The van der Waals surface area contributed by atoms with E-state index >= 15 is 0 Å². The van der Waals surface area contributed by atoms with Crippen LogP contribution < -0.4 is 97.8 Å². The molecule has 94 heavy (non-hydrogen) atoms. The topological polar surface area (TPSA) is 374 Å². The quantitative estimate of drug-likeness (QED) is 0.0567. The molecule has 0 aliphatic carbocycles. The monoisotopic (exact) mass is 1380 g/mol. The van der Waals surface area contributed by atoms with E-state index in [9.17, 15) is 0 Å². The summed E-state index contributed by atoms with van der Waals surface area (Å²) in [5, 5.41) is 3.47. The number of benzene rings is 6. The lowest BCUT2D eigenvalue weighted by Crippen LogP contribution is -2.36. The van der Waals surface area contributed by atoms with Crippen molar-refractivity contribution >= 4 is 133 Å². The van der Waals surface area contributed by atoms with Crippen LogP contribution in [0.1, 0.15) is 119 Å².